The number of carbonyl (C=O) groups excluding carboxylic acids is 4. The second-order valence-corrected chi connectivity index (χ2v) is 11.1. The molecule has 14 heteroatoms. The fraction of sp³-hybridized carbons (Fsp3) is 0.324. The highest BCUT2D eigenvalue weighted by Crippen LogP contribution is 2.35. The minimum absolute atomic E-state index is 0.0378. The van der Waals surface area contributed by atoms with E-state index in [1.807, 2.05) is 25.1 Å². The number of aryl methyl sites for hydroxylation is 1. The molecule has 48 heavy (non-hydrogen) atoms. The van der Waals surface area contributed by atoms with Crippen LogP contribution in [0, 0.1) is 6.92 Å². The second-order valence-electron chi connectivity index (χ2n) is 11.1. The van der Waals surface area contributed by atoms with Crippen molar-refractivity contribution in [3.8, 4) is 17.2 Å². The molecule has 254 valence electrons. The van der Waals surface area contributed by atoms with Crippen LogP contribution in [-0.4, -0.2) is 60.8 Å². The largest absolute Gasteiger partial charge is 0.484 e. The number of carbonyl (C=O) groups is 5. The van der Waals surface area contributed by atoms with Gasteiger partial charge >= 0.3 is 12.0 Å². The van der Waals surface area contributed by atoms with E-state index in [1.165, 1.54) is 6.92 Å². The molecule has 0 aromatic heterocycles. The highest BCUT2D eigenvalue weighted by Gasteiger charge is 2.27. The van der Waals surface area contributed by atoms with Crippen LogP contribution >= 0.6 is 0 Å². The average molecular weight is 662 g/mol. The number of benzene rings is 3. The summed E-state index contributed by atoms with van der Waals surface area (Å²) in [4.78, 5) is 61.6. The number of anilines is 2. The fourth-order valence-electron chi connectivity index (χ4n) is 4.85. The van der Waals surface area contributed by atoms with Crippen LogP contribution in [0.1, 0.15) is 49.8 Å². The topological polar surface area (TPSA) is 193 Å². The van der Waals surface area contributed by atoms with E-state index in [0.29, 0.717) is 53.6 Å². The molecule has 6 N–H and O–H groups in total. The van der Waals surface area contributed by atoms with Crippen molar-refractivity contribution in [3.05, 3.63) is 77.9 Å². The lowest BCUT2D eigenvalue weighted by Crippen LogP contribution is -2.49. The highest BCUT2D eigenvalue weighted by atomic mass is 16.7. The van der Waals surface area contributed by atoms with Crippen molar-refractivity contribution in [1.29, 1.82) is 0 Å². The first-order valence-corrected chi connectivity index (χ1v) is 15.4. The first-order chi connectivity index (χ1) is 23.1. The Kier molecular flexibility index (Phi) is 12.6. The van der Waals surface area contributed by atoms with Crippen molar-refractivity contribution in [2.45, 2.75) is 51.6 Å². The summed E-state index contributed by atoms with van der Waals surface area (Å²) >= 11 is 0. The Morgan fingerprint density at radius 3 is 2.38 bits per heavy atom. The van der Waals surface area contributed by atoms with Crippen LogP contribution in [0.3, 0.4) is 0 Å². The SMILES string of the molecule is CC(=O)NCCCCC(NC(=O)COc1ccc(NC(=O)Nc2ccccc2C)cc1)C(=O)NC(CC(=O)O)c1ccc2c(c1)OCO2. The van der Waals surface area contributed by atoms with Gasteiger partial charge < -0.3 is 45.9 Å². The summed E-state index contributed by atoms with van der Waals surface area (Å²) in [6.07, 6.45) is 0.859. The number of ether oxygens (including phenoxy) is 3. The van der Waals surface area contributed by atoms with Crippen LogP contribution in [0.5, 0.6) is 17.2 Å². The van der Waals surface area contributed by atoms with Crippen LogP contribution < -0.4 is 40.8 Å². The van der Waals surface area contributed by atoms with E-state index in [4.69, 9.17) is 14.2 Å². The smallest absolute Gasteiger partial charge is 0.323 e. The Hall–Kier alpha value is -5.79. The molecule has 4 rings (SSSR count). The molecule has 0 bridgehead atoms. The molecule has 3 aromatic carbocycles. The van der Waals surface area contributed by atoms with Crippen LogP contribution in [0.15, 0.2) is 66.7 Å². The predicted molar refractivity (Wildman–Crippen MR) is 176 cm³/mol. The third-order valence-electron chi connectivity index (χ3n) is 7.31. The zero-order chi connectivity index (χ0) is 34.5. The van der Waals surface area contributed by atoms with Gasteiger partial charge in [0, 0.05) is 24.8 Å². The predicted octanol–water partition coefficient (Wildman–Crippen LogP) is 3.87. The standard InChI is InChI=1S/C34H39N5O9/c1-21-7-3-4-8-26(21)39-34(45)36-24-11-13-25(14-12-24)46-19-31(41)37-27(9-5-6-16-35-22(2)40)33(44)38-28(18-32(42)43)23-10-15-29-30(17-23)48-20-47-29/h3-4,7-8,10-15,17,27-28H,5-6,9,16,18-20H2,1-2H3,(H,35,40)(H,37,41)(H,38,44)(H,42,43)(H2,36,39,45). The maximum absolute atomic E-state index is 13.5. The van der Waals surface area contributed by atoms with Gasteiger partial charge in [0.25, 0.3) is 5.91 Å². The maximum atomic E-state index is 13.5. The monoisotopic (exact) mass is 661 g/mol. The number of hydrogen-bond acceptors (Lipinski definition) is 8. The molecule has 0 fully saturated rings. The third-order valence-corrected chi connectivity index (χ3v) is 7.31. The molecule has 14 nitrogen and oxygen atoms in total. The molecule has 0 spiro atoms. The highest BCUT2D eigenvalue weighted by molar-refractivity contribution is 6.00. The van der Waals surface area contributed by atoms with E-state index in [0.717, 1.165) is 5.56 Å². The zero-order valence-corrected chi connectivity index (χ0v) is 26.7. The Morgan fingerprint density at radius 2 is 1.65 bits per heavy atom. The number of rotatable bonds is 16. The molecule has 0 saturated carbocycles. The van der Waals surface area contributed by atoms with Gasteiger partial charge in [-0.2, -0.15) is 0 Å². The van der Waals surface area contributed by atoms with Crippen LogP contribution in [0.25, 0.3) is 0 Å². The van der Waals surface area contributed by atoms with Gasteiger partial charge in [-0.1, -0.05) is 24.3 Å². The lowest BCUT2D eigenvalue weighted by atomic mass is 10.0. The summed E-state index contributed by atoms with van der Waals surface area (Å²) in [7, 11) is 0. The second kappa shape index (κ2) is 17.2. The Bertz CT molecular complexity index is 1610. The van der Waals surface area contributed by atoms with Crippen LogP contribution in [0.2, 0.25) is 0 Å². The summed E-state index contributed by atoms with van der Waals surface area (Å²) in [5, 5.41) is 23.2. The molecular weight excluding hydrogens is 622 g/mol. The summed E-state index contributed by atoms with van der Waals surface area (Å²) < 4.78 is 16.3. The molecule has 3 aromatic rings. The molecule has 0 radical (unpaired) electrons. The Balaban J connectivity index is 1.34. The summed E-state index contributed by atoms with van der Waals surface area (Å²) in [5.74, 6) is -1.15. The molecule has 2 unspecified atom stereocenters. The molecule has 5 amide bonds. The van der Waals surface area contributed by atoms with E-state index in [-0.39, 0.29) is 19.1 Å². The quantitative estimate of drug-likeness (QED) is 0.124. The minimum Gasteiger partial charge on any atom is -0.484 e. The summed E-state index contributed by atoms with van der Waals surface area (Å²) in [5.41, 5.74) is 2.61. The van der Waals surface area contributed by atoms with Crippen molar-refractivity contribution < 1.29 is 43.3 Å². The molecule has 1 aliphatic rings. The van der Waals surface area contributed by atoms with Crippen molar-refractivity contribution >= 4 is 41.1 Å². The average Bonchev–Trinajstić information content (AvgIpc) is 3.52. The summed E-state index contributed by atoms with van der Waals surface area (Å²) in [6.45, 7) is 3.33. The number of unbranched alkanes of at least 4 members (excludes halogenated alkanes) is 1. The van der Waals surface area contributed by atoms with E-state index in [1.54, 1.807) is 48.5 Å². The Morgan fingerprint density at radius 1 is 0.896 bits per heavy atom. The number of carboxylic acid groups (broad SMARTS) is 1. The Labute approximate surface area is 277 Å². The van der Waals surface area contributed by atoms with Gasteiger partial charge in [0.05, 0.1) is 12.5 Å². The van der Waals surface area contributed by atoms with Gasteiger partial charge in [0.1, 0.15) is 11.8 Å². The number of carboxylic acids is 1. The number of aliphatic carboxylic acids is 1. The van der Waals surface area contributed by atoms with Gasteiger partial charge in [-0.15, -0.1) is 0 Å². The number of hydrogen-bond donors (Lipinski definition) is 6. The first kappa shape index (κ1) is 35.1. The zero-order valence-electron chi connectivity index (χ0n) is 26.7. The van der Waals surface area contributed by atoms with Crippen molar-refractivity contribution in [1.82, 2.24) is 16.0 Å². The van der Waals surface area contributed by atoms with E-state index in [2.05, 4.69) is 26.6 Å². The van der Waals surface area contributed by atoms with Gasteiger partial charge in [0.15, 0.2) is 18.1 Å². The van der Waals surface area contributed by atoms with E-state index < -0.39 is 48.9 Å². The van der Waals surface area contributed by atoms with Crippen LogP contribution in [0.4, 0.5) is 16.2 Å². The normalized spacial score (nSPS) is 12.6. The molecule has 0 aliphatic carbocycles. The first-order valence-electron chi connectivity index (χ1n) is 15.4. The third kappa shape index (κ3) is 10.9. The molecule has 0 saturated heterocycles. The van der Waals surface area contributed by atoms with Crippen LogP contribution in [-0.2, 0) is 19.2 Å². The van der Waals surface area contributed by atoms with Gasteiger partial charge in [0.2, 0.25) is 18.6 Å². The van der Waals surface area contributed by atoms with Crippen molar-refractivity contribution in [2.24, 2.45) is 0 Å². The number of para-hydroxylation sites is 1. The lowest BCUT2D eigenvalue weighted by molar-refractivity contribution is -0.138. The van der Waals surface area contributed by atoms with Gasteiger partial charge in [-0.05, 0) is 79.8 Å². The fourth-order valence-corrected chi connectivity index (χ4v) is 4.85. The number of urea groups is 1. The molecular formula is C34H39N5O9. The van der Waals surface area contributed by atoms with Gasteiger partial charge in [-0.25, -0.2) is 4.79 Å². The number of amides is 5. The number of nitrogens with one attached hydrogen (secondary N) is 5. The van der Waals surface area contributed by atoms with E-state index >= 15 is 0 Å². The molecule has 1 aliphatic heterocycles. The lowest BCUT2D eigenvalue weighted by Gasteiger charge is -2.23. The van der Waals surface area contributed by atoms with E-state index in [9.17, 15) is 29.1 Å². The molecule has 1 heterocycles. The van der Waals surface area contributed by atoms with Crippen molar-refractivity contribution in [2.75, 3.05) is 30.6 Å². The van der Waals surface area contributed by atoms with Gasteiger partial charge in [-0.3, -0.25) is 19.2 Å². The maximum Gasteiger partial charge on any atom is 0.323 e. The minimum atomic E-state index is -1.13. The summed E-state index contributed by atoms with van der Waals surface area (Å²) in [6, 6.07) is 16.4. The molecule has 2 atom stereocenters. The number of fused-ring (bicyclic) bond motifs is 1. The van der Waals surface area contributed by atoms with Crippen molar-refractivity contribution in [3.63, 3.8) is 0 Å².